The molecule has 2 aliphatic rings. The molecule has 3 nitrogen and oxygen atoms in total. The van der Waals surface area contributed by atoms with Gasteiger partial charge in [0, 0.05) is 6.54 Å². The third-order valence-corrected chi connectivity index (χ3v) is 3.95. The number of amides is 1. The topological polar surface area (TPSA) is 32.3 Å². The number of nitrogens with one attached hydrogen (secondary N) is 1. The molecule has 96 valence electrons. The van der Waals surface area contributed by atoms with Crippen LogP contribution in [0.25, 0.3) is 0 Å². The van der Waals surface area contributed by atoms with Gasteiger partial charge in [0.05, 0.1) is 12.1 Å². The van der Waals surface area contributed by atoms with E-state index in [1.165, 1.54) is 19.3 Å². The van der Waals surface area contributed by atoms with Gasteiger partial charge in [-0.15, -0.1) is 0 Å². The number of allylic oxidation sites excluding steroid dienone is 1. The van der Waals surface area contributed by atoms with Crippen molar-refractivity contribution in [1.82, 2.24) is 10.2 Å². The van der Waals surface area contributed by atoms with E-state index < -0.39 is 0 Å². The standard InChI is InChI=1S/C14H24N2O/c1-15-13-10-6-7-11-16(14(13)17)12-8-4-2-3-5-9-12/h4,8,12-13,15H,2-3,5-7,9-11H2,1H3. The zero-order chi connectivity index (χ0) is 12.1. The summed E-state index contributed by atoms with van der Waals surface area (Å²) in [5, 5.41) is 3.16. The summed E-state index contributed by atoms with van der Waals surface area (Å²) >= 11 is 0. The molecule has 0 saturated carbocycles. The maximum Gasteiger partial charge on any atom is 0.240 e. The number of carbonyl (C=O) groups excluding carboxylic acids is 1. The first-order chi connectivity index (χ1) is 8.33. The highest BCUT2D eigenvalue weighted by atomic mass is 16.2. The Bertz CT molecular complexity index is 288. The molecule has 1 N–H and O–H groups in total. The average Bonchev–Trinajstić information content (AvgIpc) is 2.69. The SMILES string of the molecule is CNC1CCCCN(C2C=CCCCC2)C1=O. The predicted molar refractivity (Wildman–Crippen MR) is 69.8 cm³/mol. The van der Waals surface area contributed by atoms with Crippen molar-refractivity contribution in [3.63, 3.8) is 0 Å². The average molecular weight is 236 g/mol. The van der Waals surface area contributed by atoms with Gasteiger partial charge in [0.2, 0.25) is 5.91 Å². The maximum absolute atomic E-state index is 12.4. The Hall–Kier alpha value is -0.830. The number of carbonyl (C=O) groups is 1. The van der Waals surface area contributed by atoms with Crippen LogP contribution in [0.15, 0.2) is 12.2 Å². The Morgan fingerprint density at radius 3 is 2.88 bits per heavy atom. The summed E-state index contributed by atoms with van der Waals surface area (Å²) in [5.41, 5.74) is 0. The van der Waals surface area contributed by atoms with E-state index in [-0.39, 0.29) is 6.04 Å². The second-order valence-corrected chi connectivity index (χ2v) is 5.15. The van der Waals surface area contributed by atoms with Crippen molar-refractivity contribution >= 4 is 5.91 Å². The van der Waals surface area contributed by atoms with Crippen LogP contribution < -0.4 is 5.32 Å². The molecule has 1 aliphatic heterocycles. The normalized spacial score (nSPS) is 31.1. The fraction of sp³-hybridized carbons (Fsp3) is 0.786. The van der Waals surface area contributed by atoms with Crippen molar-refractivity contribution < 1.29 is 4.79 Å². The van der Waals surface area contributed by atoms with Gasteiger partial charge in [0.15, 0.2) is 0 Å². The van der Waals surface area contributed by atoms with Gasteiger partial charge >= 0.3 is 0 Å². The molecule has 0 bridgehead atoms. The Kier molecular flexibility index (Phi) is 4.60. The summed E-state index contributed by atoms with van der Waals surface area (Å²) in [6.07, 6.45) is 12.6. The summed E-state index contributed by atoms with van der Waals surface area (Å²) in [6.45, 7) is 0.937. The monoisotopic (exact) mass is 236 g/mol. The van der Waals surface area contributed by atoms with Crippen LogP contribution in [0, 0.1) is 0 Å². The number of hydrogen-bond acceptors (Lipinski definition) is 2. The zero-order valence-electron chi connectivity index (χ0n) is 10.8. The Labute approximate surface area is 104 Å². The van der Waals surface area contributed by atoms with E-state index in [0.717, 1.165) is 32.2 Å². The molecule has 1 fully saturated rings. The van der Waals surface area contributed by atoms with Crippen molar-refractivity contribution in [2.24, 2.45) is 0 Å². The van der Waals surface area contributed by atoms with Gasteiger partial charge in [-0.25, -0.2) is 0 Å². The smallest absolute Gasteiger partial charge is 0.240 e. The van der Waals surface area contributed by atoms with Crippen LogP contribution in [0.5, 0.6) is 0 Å². The molecule has 1 saturated heterocycles. The minimum Gasteiger partial charge on any atom is -0.335 e. The number of hydrogen-bond donors (Lipinski definition) is 1. The number of likely N-dealkylation sites (tertiary alicyclic amines) is 1. The van der Waals surface area contributed by atoms with Crippen molar-refractivity contribution in [3.8, 4) is 0 Å². The quantitative estimate of drug-likeness (QED) is 0.745. The molecule has 1 heterocycles. The molecule has 0 aromatic carbocycles. The lowest BCUT2D eigenvalue weighted by Crippen LogP contribution is -2.47. The van der Waals surface area contributed by atoms with E-state index in [9.17, 15) is 4.79 Å². The second-order valence-electron chi connectivity index (χ2n) is 5.15. The van der Waals surface area contributed by atoms with Gasteiger partial charge in [-0.2, -0.15) is 0 Å². The van der Waals surface area contributed by atoms with Gasteiger partial charge in [-0.1, -0.05) is 18.6 Å². The maximum atomic E-state index is 12.4. The van der Waals surface area contributed by atoms with Crippen molar-refractivity contribution in [3.05, 3.63) is 12.2 Å². The lowest BCUT2D eigenvalue weighted by molar-refractivity contribution is -0.134. The number of likely N-dealkylation sites (N-methyl/N-ethyl adjacent to an activating group) is 1. The molecule has 3 heteroatoms. The molecule has 0 spiro atoms. The van der Waals surface area contributed by atoms with Gasteiger partial charge in [-0.3, -0.25) is 4.79 Å². The first-order valence-corrected chi connectivity index (χ1v) is 6.97. The molecule has 2 rings (SSSR count). The lowest BCUT2D eigenvalue weighted by Gasteiger charge is -2.30. The highest BCUT2D eigenvalue weighted by molar-refractivity contribution is 5.82. The molecule has 1 amide bonds. The fourth-order valence-electron chi connectivity index (χ4n) is 2.89. The van der Waals surface area contributed by atoms with Gasteiger partial charge < -0.3 is 10.2 Å². The molecule has 17 heavy (non-hydrogen) atoms. The Balaban J connectivity index is 2.08. The van der Waals surface area contributed by atoms with Crippen molar-refractivity contribution in [2.75, 3.05) is 13.6 Å². The van der Waals surface area contributed by atoms with Crippen LogP contribution in [0.3, 0.4) is 0 Å². The fourth-order valence-corrected chi connectivity index (χ4v) is 2.89. The van der Waals surface area contributed by atoms with Crippen LogP contribution in [0.4, 0.5) is 0 Å². The van der Waals surface area contributed by atoms with E-state index in [0.29, 0.717) is 11.9 Å². The summed E-state index contributed by atoms with van der Waals surface area (Å²) in [7, 11) is 1.90. The predicted octanol–water partition coefficient (Wildman–Crippen LogP) is 2.09. The molecule has 0 radical (unpaired) electrons. The third-order valence-electron chi connectivity index (χ3n) is 3.95. The third kappa shape index (κ3) is 3.09. The molecule has 2 unspecified atom stereocenters. The number of rotatable bonds is 2. The molecule has 1 aliphatic carbocycles. The van der Waals surface area contributed by atoms with E-state index in [2.05, 4.69) is 22.4 Å². The number of nitrogens with zero attached hydrogens (tertiary/aromatic N) is 1. The molecule has 2 atom stereocenters. The van der Waals surface area contributed by atoms with Crippen LogP contribution in [0.1, 0.15) is 44.9 Å². The first kappa shape index (κ1) is 12.6. The first-order valence-electron chi connectivity index (χ1n) is 6.97. The van der Waals surface area contributed by atoms with E-state index in [1.54, 1.807) is 0 Å². The Morgan fingerprint density at radius 1 is 1.24 bits per heavy atom. The van der Waals surface area contributed by atoms with Crippen molar-refractivity contribution in [1.29, 1.82) is 0 Å². The van der Waals surface area contributed by atoms with Crippen LogP contribution >= 0.6 is 0 Å². The lowest BCUT2D eigenvalue weighted by atomic mass is 10.1. The second kappa shape index (κ2) is 6.20. The summed E-state index contributed by atoms with van der Waals surface area (Å²) in [5.74, 6) is 0.307. The van der Waals surface area contributed by atoms with Gasteiger partial charge in [-0.05, 0) is 45.6 Å². The van der Waals surface area contributed by atoms with Crippen LogP contribution in [-0.2, 0) is 4.79 Å². The van der Waals surface area contributed by atoms with Crippen LogP contribution in [-0.4, -0.2) is 36.5 Å². The Morgan fingerprint density at radius 2 is 2.06 bits per heavy atom. The summed E-state index contributed by atoms with van der Waals surface area (Å²) in [4.78, 5) is 14.5. The molecule has 0 aromatic heterocycles. The van der Waals surface area contributed by atoms with Crippen molar-refractivity contribution in [2.45, 2.75) is 57.0 Å². The highest BCUT2D eigenvalue weighted by Crippen LogP contribution is 2.21. The molecular weight excluding hydrogens is 212 g/mol. The largest absolute Gasteiger partial charge is 0.335 e. The van der Waals surface area contributed by atoms with E-state index in [1.807, 2.05) is 7.05 Å². The van der Waals surface area contributed by atoms with Crippen LogP contribution in [0.2, 0.25) is 0 Å². The van der Waals surface area contributed by atoms with E-state index >= 15 is 0 Å². The highest BCUT2D eigenvalue weighted by Gasteiger charge is 2.29. The molecule has 0 aromatic rings. The minimum atomic E-state index is 0.0363. The summed E-state index contributed by atoms with van der Waals surface area (Å²) in [6, 6.07) is 0.383. The van der Waals surface area contributed by atoms with Gasteiger partial charge in [0.1, 0.15) is 0 Å². The molecular formula is C14H24N2O. The zero-order valence-corrected chi connectivity index (χ0v) is 10.8. The minimum absolute atomic E-state index is 0.0363. The van der Waals surface area contributed by atoms with Gasteiger partial charge in [0.25, 0.3) is 0 Å². The summed E-state index contributed by atoms with van der Waals surface area (Å²) < 4.78 is 0. The van der Waals surface area contributed by atoms with E-state index in [4.69, 9.17) is 0 Å².